The highest BCUT2D eigenvalue weighted by molar-refractivity contribution is 7.90. The van der Waals surface area contributed by atoms with Crippen molar-refractivity contribution in [3.05, 3.63) is 29.8 Å². The van der Waals surface area contributed by atoms with Gasteiger partial charge in [-0.1, -0.05) is 31.9 Å². The van der Waals surface area contributed by atoms with Crippen molar-refractivity contribution in [2.45, 2.75) is 56.6 Å². The lowest BCUT2D eigenvalue weighted by molar-refractivity contribution is -0.153. The first-order valence-electron chi connectivity index (χ1n) is 9.44. The Morgan fingerprint density at radius 2 is 2.00 bits per heavy atom. The standard InChI is InChI=1S/C19H25N3O5S/c1-12-7-3-5-9-15(12)21-19(24)13(2)27-17(23)11-20-18-14-8-4-6-10-16(14)28(25,26)22-18/h4,6,8,10,12-13,15H,3,5,7,9,11H2,1-2H3,(H,20,22)(H,21,24)/t12-,13+,15+/m0/s1. The summed E-state index contributed by atoms with van der Waals surface area (Å²) in [4.78, 5) is 28.5. The summed E-state index contributed by atoms with van der Waals surface area (Å²) >= 11 is 0. The Hall–Kier alpha value is -2.42. The molecule has 28 heavy (non-hydrogen) atoms. The van der Waals surface area contributed by atoms with Gasteiger partial charge in [-0.25, -0.2) is 8.42 Å². The lowest BCUT2D eigenvalue weighted by Crippen LogP contribution is -2.46. The summed E-state index contributed by atoms with van der Waals surface area (Å²) in [5, 5.41) is 2.95. The molecule has 0 saturated heterocycles. The fraction of sp³-hybridized carbons (Fsp3) is 0.526. The Morgan fingerprint density at radius 1 is 1.29 bits per heavy atom. The van der Waals surface area contributed by atoms with Crippen molar-refractivity contribution in [2.75, 3.05) is 6.54 Å². The van der Waals surface area contributed by atoms with Gasteiger partial charge >= 0.3 is 5.97 Å². The van der Waals surface area contributed by atoms with Crippen LogP contribution in [0, 0.1) is 5.92 Å². The van der Waals surface area contributed by atoms with E-state index in [1.165, 1.54) is 19.4 Å². The van der Waals surface area contributed by atoms with Crippen LogP contribution >= 0.6 is 0 Å². The third-order valence-electron chi connectivity index (χ3n) is 5.15. The predicted molar refractivity (Wildman–Crippen MR) is 103 cm³/mol. The molecular weight excluding hydrogens is 382 g/mol. The second-order valence-electron chi connectivity index (χ2n) is 7.28. The first-order valence-corrected chi connectivity index (χ1v) is 10.9. The number of benzene rings is 1. The van der Waals surface area contributed by atoms with E-state index in [9.17, 15) is 18.0 Å². The highest BCUT2D eigenvalue weighted by Crippen LogP contribution is 2.24. The molecule has 9 heteroatoms. The molecule has 2 aliphatic rings. The summed E-state index contributed by atoms with van der Waals surface area (Å²) in [6.45, 7) is 3.24. The number of nitrogens with zero attached hydrogens (tertiary/aromatic N) is 1. The van der Waals surface area contributed by atoms with Crippen molar-refractivity contribution in [3.8, 4) is 0 Å². The molecule has 1 heterocycles. The Labute approximate surface area is 164 Å². The van der Waals surface area contributed by atoms with Gasteiger partial charge in [-0.3, -0.25) is 19.3 Å². The van der Waals surface area contributed by atoms with E-state index in [1.807, 2.05) is 0 Å². The number of carbonyl (C=O) groups is 2. The molecule has 0 radical (unpaired) electrons. The minimum absolute atomic E-state index is 0.0979. The fourth-order valence-corrected chi connectivity index (χ4v) is 4.76. The molecule has 2 N–H and O–H groups in total. The third-order valence-corrected chi connectivity index (χ3v) is 6.54. The summed E-state index contributed by atoms with van der Waals surface area (Å²) in [6, 6.07) is 6.48. The molecule has 0 spiro atoms. The van der Waals surface area contributed by atoms with E-state index in [1.54, 1.807) is 18.2 Å². The molecule has 1 aliphatic carbocycles. The number of esters is 1. The van der Waals surface area contributed by atoms with Crippen LogP contribution in [0.1, 0.15) is 45.1 Å². The number of fused-ring (bicyclic) bond motifs is 1. The van der Waals surface area contributed by atoms with E-state index in [0.717, 1.165) is 19.3 Å². The quantitative estimate of drug-likeness (QED) is 0.715. The number of rotatable bonds is 5. The van der Waals surface area contributed by atoms with E-state index in [4.69, 9.17) is 4.74 Å². The zero-order valence-corrected chi connectivity index (χ0v) is 16.8. The summed E-state index contributed by atoms with van der Waals surface area (Å²) in [5.41, 5.74) is 0.410. The van der Waals surface area contributed by atoms with Crippen LogP contribution in [0.3, 0.4) is 0 Å². The number of hydrogen-bond acceptors (Lipinski definition) is 6. The lowest BCUT2D eigenvalue weighted by Gasteiger charge is -2.30. The van der Waals surface area contributed by atoms with Gasteiger partial charge in [0.05, 0.1) is 4.90 Å². The molecule has 0 aromatic heterocycles. The van der Waals surface area contributed by atoms with Crippen molar-refractivity contribution in [2.24, 2.45) is 10.9 Å². The molecule has 3 rings (SSSR count). The van der Waals surface area contributed by atoms with E-state index < -0.39 is 22.1 Å². The smallest absolute Gasteiger partial charge is 0.328 e. The summed E-state index contributed by atoms with van der Waals surface area (Å²) in [5.74, 6) is -0.523. The average Bonchev–Trinajstić information content (AvgIpc) is 2.92. The summed E-state index contributed by atoms with van der Waals surface area (Å²) < 4.78 is 31.5. The number of carbonyl (C=O) groups excluding carboxylic acids is 2. The Balaban J connectivity index is 1.56. The maximum Gasteiger partial charge on any atom is 0.328 e. The van der Waals surface area contributed by atoms with Crippen LogP contribution in [-0.2, 0) is 24.3 Å². The molecule has 0 unspecified atom stereocenters. The first kappa shape index (κ1) is 20.3. The van der Waals surface area contributed by atoms with E-state index >= 15 is 0 Å². The molecule has 1 aromatic carbocycles. The van der Waals surface area contributed by atoms with Gasteiger partial charge in [0.15, 0.2) is 6.10 Å². The molecule has 1 fully saturated rings. The van der Waals surface area contributed by atoms with Crippen LogP contribution in [0.25, 0.3) is 0 Å². The number of amides is 1. The molecule has 1 aromatic rings. The van der Waals surface area contributed by atoms with Crippen LogP contribution in [0.4, 0.5) is 0 Å². The summed E-state index contributed by atoms with van der Waals surface area (Å²) in [6.07, 6.45) is 3.33. The van der Waals surface area contributed by atoms with Gasteiger partial charge in [0, 0.05) is 11.6 Å². The van der Waals surface area contributed by atoms with Crippen molar-refractivity contribution in [1.82, 2.24) is 10.0 Å². The Morgan fingerprint density at radius 3 is 2.75 bits per heavy atom. The van der Waals surface area contributed by atoms with Gasteiger partial charge in [-0.05, 0) is 37.8 Å². The number of amidine groups is 1. The van der Waals surface area contributed by atoms with Crippen LogP contribution in [0.15, 0.2) is 34.2 Å². The van der Waals surface area contributed by atoms with Crippen molar-refractivity contribution in [1.29, 1.82) is 0 Å². The van der Waals surface area contributed by atoms with Crippen LogP contribution < -0.4 is 10.0 Å². The monoisotopic (exact) mass is 407 g/mol. The van der Waals surface area contributed by atoms with Crippen LogP contribution in [0.2, 0.25) is 0 Å². The predicted octanol–water partition coefficient (Wildman–Crippen LogP) is 1.35. The van der Waals surface area contributed by atoms with Gasteiger partial charge < -0.3 is 10.1 Å². The van der Waals surface area contributed by atoms with Gasteiger partial charge in [0.2, 0.25) is 0 Å². The SMILES string of the molecule is C[C@@H](OC(=O)CN=C1NS(=O)(=O)c2ccccc21)C(=O)N[C@@H]1CCCC[C@@H]1C. The van der Waals surface area contributed by atoms with Gasteiger partial charge in [0.25, 0.3) is 15.9 Å². The number of hydrogen-bond donors (Lipinski definition) is 2. The second-order valence-corrected chi connectivity index (χ2v) is 8.93. The normalized spacial score (nSPS) is 25.4. The average molecular weight is 407 g/mol. The molecule has 0 bridgehead atoms. The molecular formula is C19H25N3O5S. The highest BCUT2D eigenvalue weighted by Gasteiger charge is 2.30. The zero-order chi connectivity index (χ0) is 20.3. The van der Waals surface area contributed by atoms with Crippen LogP contribution in [0.5, 0.6) is 0 Å². The van der Waals surface area contributed by atoms with Crippen molar-refractivity contribution >= 4 is 27.7 Å². The van der Waals surface area contributed by atoms with E-state index in [-0.39, 0.29) is 29.2 Å². The fourth-order valence-electron chi connectivity index (χ4n) is 3.51. The van der Waals surface area contributed by atoms with Crippen LogP contribution in [-0.4, -0.2) is 44.8 Å². The number of nitrogens with one attached hydrogen (secondary N) is 2. The molecule has 152 valence electrons. The third kappa shape index (κ3) is 4.52. The van der Waals surface area contributed by atoms with Gasteiger partial charge in [-0.15, -0.1) is 0 Å². The molecule has 3 atom stereocenters. The zero-order valence-electron chi connectivity index (χ0n) is 16.0. The maximum atomic E-state index is 12.3. The maximum absolute atomic E-state index is 12.3. The van der Waals surface area contributed by atoms with Gasteiger partial charge in [-0.2, -0.15) is 0 Å². The number of aliphatic imine (C=N–C) groups is 1. The first-order chi connectivity index (χ1) is 13.3. The summed E-state index contributed by atoms with van der Waals surface area (Å²) in [7, 11) is -3.66. The molecule has 1 saturated carbocycles. The molecule has 1 amide bonds. The Bertz CT molecular complexity index is 897. The second kappa shape index (κ2) is 8.30. The van der Waals surface area contributed by atoms with E-state index in [0.29, 0.717) is 11.5 Å². The van der Waals surface area contributed by atoms with E-state index in [2.05, 4.69) is 22.0 Å². The molecule has 8 nitrogen and oxygen atoms in total. The van der Waals surface area contributed by atoms with Crippen molar-refractivity contribution < 1.29 is 22.7 Å². The number of sulfonamides is 1. The van der Waals surface area contributed by atoms with Crippen molar-refractivity contribution in [3.63, 3.8) is 0 Å². The minimum atomic E-state index is -3.66. The minimum Gasteiger partial charge on any atom is -0.451 e. The van der Waals surface area contributed by atoms with Gasteiger partial charge in [0.1, 0.15) is 12.4 Å². The lowest BCUT2D eigenvalue weighted by atomic mass is 9.86. The topological polar surface area (TPSA) is 114 Å². The number of ether oxygens (including phenoxy) is 1. The highest BCUT2D eigenvalue weighted by atomic mass is 32.2. The molecule has 1 aliphatic heterocycles. The largest absolute Gasteiger partial charge is 0.451 e. The Kier molecular flexibility index (Phi) is 6.02.